The van der Waals surface area contributed by atoms with Gasteiger partial charge in [0.15, 0.2) is 0 Å². The summed E-state index contributed by atoms with van der Waals surface area (Å²) in [6.07, 6.45) is 4.40. The highest BCUT2D eigenvalue weighted by atomic mass is 32.2. The fourth-order valence-corrected chi connectivity index (χ4v) is 5.90. The predicted octanol–water partition coefficient (Wildman–Crippen LogP) is 3.40. The quantitative estimate of drug-likeness (QED) is 0.509. The van der Waals surface area contributed by atoms with Gasteiger partial charge in [-0.05, 0) is 55.3 Å². The maximum absolute atomic E-state index is 13.4. The van der Waals surface area contributed by atoms with Gasteiger partial charge < -0.3 is 9.72 Å². The molecule has 3 heterocycles. The number of fused-ring (bicyclic) bond motifs is 2. The molecular formula is C24H22N4O3S. The molecule has 0 fully saturated rings. The number of amides is 1. The Bertz CT molecular complexity index is 1390. The van der Waals surface area contributed by atoms with E-state index in [0.717, 1.165) is 16.9 Å². The predicted molar refractivity (Wildman–Crippen MR) is 122 cm³/mol. The van der Waals surface area contributed by atoms with Crippen molar-refractivity contribution in [1.82, 2.24) is 14.7 Å². The van der Waals surface area contributed by atoms with Gasteiger partial charge in [0.25, 0.3) is 15.9 Å². The Balaban J connectivity index is 1.37. The van der Waals surface area contributed by atoms with Crippen LogP contribution < -0.4 is 9.62 Å². The van der Waals surface area contributed by atoms with Crippen LogP contribution in [0.5, 0.6) is 0 Å². The summed E-state index contributed by atoms with van der Waals surface area (Å²) < 4.78 is 30.2. The van der Waals surface area contributed by atoms with Crippen LogP contribution in [0.4, 0.5) is 5.69 Å². The standard InChI is InChI=1S/C24H22N4O3S/c1-17-13-18-7-2-3-10-22(18)28(17)32(30,31)21-9-6-8-19(14-21)24(29)25-15-20-16-27-12-5-4-11-23(27)26-20/h2-12,14,16-17H,13,15H2,1H3,(H,25,29). The number of nitrogens with one attached hydrogen (secondary N) is 1. The Kier molecular flexibility index (Phi) is 4.94. The lowest BCUT2D eigenvalue weighted by atomic mass is 10.1. The van der Waals surface area contributed by atoms with Gasteiger partial charge in [-0.25, -0.2) is 13.4 Å². The third-order valence-electron chi connectivity index (χ3n) is 5.64. The molecule has 162 valence electrons. The van der Waals surface area contributed by atoms with E-state index < -0.39 is 10.0 Å². The second-order valence-electron chi connectivity index (χ2n) is 7.89. The molecule has 1 aliphatic heterocycles. The monoisotopic (exact) mass is 446 g/mol. The molecule has 2 aromatic heterocycles. The lowest BCUT2D eigenvalue weighted by Crippen LogP contribution is -2.35. The number of carbonyl (C=O) groups is 1. The third-order valence-corrected chi connectivity index (χ3v) is 7.57. The van der Waals surface area contributed by atoms with Gasteiger partial charge in [0, 0.05) is 24.0 Å². The number of nitrogens with zero attached hydrogens (tertiary/aromatic N) is 3. The minimum atomic E-state index is -3.80. The smallest absolute Gasteiger partial charge is 0.264 e. The zero-order valence-electron chi connectivity index (χ0n) is 17.5. The van der Waals surface area contributed by atoms with Crippen molar-refractivity contribution in [2.24, 2.45) is 0 Å². The number of pyridine rings is 1. The summed E-state index contributed by atoms with van der Waals surface area (Å²) in [6.45, 7) is 2.14. The molecule has 1 amide bonds. The first-order valence-electron chi connectivity index (χ1n) is 10.4. The molecule has 4 aromatic rings. The first kappa shape index (κ1) is 20.3. The summed E-state index contributed by atoms with van der Waals surface area (Å²) in [4.78, 5) is 17.3. The van der Waals surface area contributed by atoms with Crippen molar-refractivity contribution in [2.75, 3.05) is 4.31 Å². The van der Waals surface area contributed by atoms with Crippen LogP contribution >= 0.6 is 0 Å². The molecule has 0 bridgehead atoms. The van der Waals surface area contributed by atoms with Crippen LogP contribution in [0, 0.1) is 0 Å². The lowest BCUT2D eigenvalue weighted by Gasteiger charge is -2.24. The molecule has 0 radical (unpaired) electrons. The van der Waals surface area contributed by atoms with E-state index in [1.54, 1.807) is 12.1 Å². The van der Waals surface area contributed by atoms with Crippen LogP contribution in [0.1, 0.15) is 28.5 Å². The molecule has 0 saturated heterocycles. The summed E-state index contributed by atoms with van der Waals surface area (Å²) in [5.41, 5.74) is 3.50. The van der Waals surface area contributed by atoms with Gasteiger partial charge in [-0.3, -0.25) is 9.10 Å². The van der Waals surface area contributed by atoms with Crippen molar-refractivity contribution in [1.29, 1.82) is 0 Å². The molecule has 1 N–H and O–H groups in total. The van der Waals surface area contributed by atoms with E-state index in [-0.39, 0.29) is 29.0 Å². The van der Waals surface area contributed by atoms with Crippen molar-refractivity contribution < 1.29 is 13.2 Å². The zero-order chi connectivity index (χ0) is 22.3. The van der Waals surface area contributed by atoms with Crippen LogP contribution in [-0.2, 0) is 23.0 Å². The molecule has 0 spiro atoms. The Morgan fingerprint density at radius 3 is 2.75 bits per heavy atom. The second-order valence-corrected chi connectivity index (χ2v) is 9.71. The van der Waals surface area contributed by atoms with E-state index in [2.05, 4.69) is 10.3 Å². The van der Waals surface area contributed by atoms with Gasteiger partial charge in [0.1, 0.15) is 5.65 Å². The number of sulfonamides is 1. The van der Waals surface area contributed by atoms with Crippen LogP contribution in [0.15, 0.2) is 84.0 Å². The normalized spacial score (nSPS) is 15.7. The number of benzene rings is 2. The summed E-state index contributed by atoms with van der Waals surface area (Å²) in [5.74, 6) is -0.353. The van der Waals surface area contributed by atoms with E-state index in [1.807, 2.05) is 66.2 Å². The zero-order valence-corrected chi connectivity index (χ0v) is 18.3. The van der Waals surface area contributed by atoms with Crippen molar-refractivity contribution in [3.05, 3.63) is 95.9 Å². The summed E-state index contributed by atoms with van der Waals surface area (Å²) in [7, 11) is -3.80. The first-order chi connectivity index (χ1) is 15.4. The third kappa shape index (κ3) is 3.52. The minimum absolute atomic E-state index is 0.0985. The Hall–Kier alpha value is -3.65. The highest BCUT2D eigenvalue weighted by molar-refractivity contribution is 7.92. The molecule has 0 aliphatic carbocycles. The maximum atomic E-state index is 13.4. The number of rotatable bonds is 5. The molecule has 7 nitrogen and oxygen atoms in total. The fraction of sp³-hybridized carbons (Fsp3) is 0.167. The van der Waals surface area contributed by atoms with Gasteiger partial charge >= 0.3 is 0 Å². The van der Waals surface area contributed by atoms with Crippen LogP contribution in [0.25, 0.3) is 5.65 Å². The van der Waals surface area contributed by atoms with E-state index in [0.29, 0.717) is 12.1 Å². The molecular weight excluding hydrogens is 424 g/mol. The molecule has 2 aromatic carbocycles. The number of hydrogen-bond acceptors (Lipinski definition) is 4. The molecule has 1 atom stereocenters. The van der Waals surface area contributed by atoms with Crippen LogP contribution in [-0.4, -0.2) is 29.8 Å². The van der Waals surface area contributed by atoms with Gasteiger partial charge in [0.2, 0.25) is 0 Å². The molecule has 1 aliphatic rings. The SMILES string of the molecule is CC1Cc2ccccc2N1S(=O)(=O)c1cccc(C(=O)NCc2cn3ccccc3n2)c1. The van der Waals surface area contributed by atoms with Crippen molar-refractivity contribution in [2.45, 2.75) is 30.8 Å². The van der Waals surface area contributed by atoms with E-state index in [4.69, 9.17) is 0 Å². The van der Waals surface area contributed by atoms with E-state index in [9.17, 15) is 13.2 Å². The van der Waals surface area contributed by atoms with E-state index >= 15 is 0 Å². The van der Waals surface area contributed by atoms with Gasteiger partial charge in [-0.15, -0.1) is 0 Å². The lowest BCUT2D eigenvalue weighted by molar-refractivity contribution is 0.0950. The average molecular weight is 447 g/mol. The van der Waals surface area contributed by atoms with E-state index in [1.165, 1.54) is 16.4 Å². The number of hydrogen-bond donors (Lipinski definition) is 1. The molecule has 1 unspecified atom stereocenters. The van der Waals surface area contributed by atoms with Crippen molar-refractivity contribution >= 4 is 27.3 Å². The summed E-state index contributed by atoms with van der Waals surface area (Å²) in [5, 5.41) is 2.83. The Morgan fingerprint density at radius 2 is 1.91 bits per heavy atom. The summed E-state index contributed by atoms with van der Waals surface area (Å²) in [6, 6.07) is 19.2. The number of para-hydroxylation sites is 1. The topological polar surface area (TPSA) is 83.8 Å². The summed E-state index contributed by atoms with van der Waals surface area (Å²) >= 11 is 0. The highest BCUT2D eigenvalue weighted by Crippen LogP contribution is 2.36. The molecule has 32 heavy (non-hydrogen) atoms. The fourth-order valence-electron chi connectivity index (χ4n) is 4.16. The first-order valence-corrected chi connectivity index (χ1v) is 11.8. The molecule has 8 heteroatoms. The van der Waals surface area contributed by atoms with Gasteiger partial charge in [-0.2, -0.15) is 0 Å². The minimum Gasteiger partial charge on any atom is -0.346 e. The number of aromatic nitrogens is 2. The molecule has 0 saturated carbocycles. The van der Waals surface area contributed by atoms with Gasteiger partial charge in [0.05, 0.1) is 22.8 Å². The molecule has 5 rings (SSSR count). The number of imidazole rings is 1. The number of carbonyl (C=O) groups excluding carboxylic acids is 1. The maximum Gasteiger partial charge on any atom is 0.264 e. The van der Waals surface area contributed by atoms with Crippen LogP contribution in [0.3, 0.4) is 0 Å². The average Bonchev–Trinajstić information content (AvgIpc) is 3.37. The second kappa shape index (κ2) is 7.80. The largest absolute Gasteiger partial charge is 0.346 e. The number of anilines is 1. The Morgan fingerprint density at radius 1 is 1.09 bits per heavy atom. The Labute approximate surface area is 186 Å². The highest BCUT2D eigenvalue weighted by Gasteiger charge is 2.36. The van der Waals surface area contributed by atoms with Crippen LogP contribution in [0.2, 0.25) is 0 Å². The van der Waals surface area contributed by atoms with Crippen molar-refractivity contribution in [3.63, 3.8) is 0 Å². The van der Waals surface area contributed by atoms with Gasteiger partial charge in [-0.1, -0.05) is 30.3 Å². The van der Waals surface area contributed by atoms with Crippen molar-refractivity contribution in [3.8, 4) is 0 Å².